The normalized spacial score (nSPS) is 22.4. The third-order valence-corrected chi connectivity index (χ3v) is 1.78. The fraction of sp³-hybridized carbons (Fsp3) is 0.625. The van der Waals surface area contributed by atoms with Crippen molar-refractivity contribution in [3.05, 3.63) is 12.7 Å². The molecule has 4 heteroatoms. The van der Waals surface area contributed by atoms with E-state index in [0.29, 0.717) is 13.0 Å². The van der Waals surface area contributed by atoms with Crippen LogP contribution in [0.25, 0.3) is 0 Å². The number of hydrogen-bond donors (Lipinski definition) is 1. The van der Waals surface area contributed by atoms with Crippen molar-refractivity contribution in [1.29, 1.82) is 0 Å². The van der Waals surface area contributed by atoms with Crippen molar-refractivity contribution >= 4 is 6.09 Å². The molecule has 0 aromatic rings. The molecule has 0 spiro atoms. The molecule has 0 radical (unpaired) electrons. The van der Waals surface area contributed by atoms with E-state index < -0.39 is 12.3 Å². The lowest BCUT2D eigenvalue weighted by atomic mass is 10.4. The number of carbonyl (C=O) groups excluding carboxylic acids is 1. The minimum absolute atomic E-state index is 0.196. The summed E-state index contributed by atoms with van der Waals surface area (Å²) in [6, 6.07) is 0. The van der Waals surface area contributed by atoms with Gasteiger partial charge >= 0.3 is 6.09 Å². The quantitative estimate of drug-likeness (QED) is 0.623. The molecule has 0 bridgehead atoms. The molecule has 1 N–H and O–H groups in total. The number of aliphatic hydroxyl groups is 1. The molecule has 0 aromatic carbocycles. The molecular formula is C8H13NO3. The van der Waals surface area contributed by atoms with Crippen LogP contribution in [0.5, 0.6) is 0 Å². The van der Waals surface area contributed by atoms with Crippen LogP contribution in [0, 0.1) is 0 Å². The highest BCUT2D eigenvalue weighted by Gasteiger charge is 2.27. The van der Waals surface area contributed by atoms with Crippen LogP contribution in [0.15, 0.2) is 12.7 Å². The van der Waals surface area contributed by atoms with Gasteiger partial charge in [-0.2, -0.15) is 0 Å². The highest BCUT2D eigenvalue weighted by Crippen LogP contribution is 2.15. The van der Waals surface area contributed by atoms with Crippen molar-refractivity contribution in [3.8, 4) is 0 Å². The third-order valence-electron chi connectivity index (χ3n) is 1.78. The maximum Gasteiger partial charge on any atom is 0.412 e. The molecule has 1 aliphatic heterocycles. The minimum Gasteiger partial charge on any atom is -0.445 e. The summed E-state index contributed by atoms with van der Waals surface area (Å²) in [5.41, 5.74) is 0. The van der Waals surface area contributed by atoms with Crippen molar-refractivity contribution in [2.75, 3.05) is 13.2 Å². The number of hydrogen-bond acceptors (Lipinski definition) is 3. The number of amides is 1. The largest absolute Gasteiger partial charge is 0.445 e. The molecule has 0 aliphatic carbocycles. The molecule has 1 saturated heterocycles. The molecule has 0 saturated carbocycles. The Kier molecular flexibility index (Phi) is 3.10. The first-order valence-electron chi connectivity index (χ1n) is 3.98. The summed E-state index contributed by atoms with van der Waals surface area (Å²) >= 11 is 0. The number of ether oxygens (including phenoxy) is 1. The summed E-state index contributed by atoms with van der Waals surface area (Å²) in [4.78, 5) is 12.4. The Morgan fingerprint density at radius 2 is 2.58 bits per heavy atom. The highest BCUT2D eigenvalue weighted by atomic mass is 16.6. The first-order chi connectivity index (χ1) is 5.75. The van der Waals surface area contributed by atoms with Crippen molar-refractivity contribution in [3.63, 3.8) is 0 Å². The van der Waals surface area contributed by atoms with E-state index in [0.717, 1.165) is 6.42 Å². The van der Waals surface area contributed by atoms with Gasteiger partial charge in [-0.1, -0.05) is 12.7 Å². The van der Waals surface area contributed by atoms with Crippen molar-refractivity contribution in [1.82, 2.24) is 4.90 Å². The summed E-state index contributed by atoms with van der Waals surface area (Å²) in [6.07, 6.45) is 1.86. The Bertz CT molecular complexity index is 181. The molecule has 0 unspecified atom stereocenters. The second-order valence-corrected chi connectivity index (χ2v) is 2.68. The molecule has 12 heavy (non-hydrogen) atoms. The summed E-state index contributed by atoms with van der Waals surface area (Å²) in [5, 5.41) is 9.26. The van der Waals surface area contributed by atoms with E-state index in [-0.39, 0.29) is 6.61 Å². The van der Waals surface area contributed by atoms with Crippen LogP contribution in [-0.4, -0.2) is 35.5 Å². The van der Waals surface area contributed by atoms with Crippen LogP contribution in [0.1, 0.15) is 12.8 Å². The summed E-state index contributed by atoms with van der Waals surface area (Å²) in [6.45, 7) is 4.20. The minimum atomic E-state index is -0.665. The van der Waals surface area contributed by atoms with Gasteiger partial charge in [-0.25, -0.2) is 4.79 Å². The number of rotatable bonds is 2. The first kappa shape index (κ1) is 9.06. The fourth-order valence-corrected chi connectivity index (χ4v) is 1.18. The Morgan fingerprint density at radius 1 is 1.83 bits per heavy atom. The van der Waals surface area contributed by atoms with E-state index >= 15 is 0 Å². The van der Waals surface area contributed by atoms with Gasteiger partial charge in [0.1, 0.15) is 12.8 Å². The molecule has 1 amide bonds. The fourth-order valence-electron chi connectivity index (χ4n) is 1.18. The predicted octanol–water partition coefficient (Wildman–Crippen LogP) is 0.723. The molecule has 1 fully saturated rings. The van der Waals surface area contributed by atoms with E-state index in [9.17, 15) is 9.90 Å². The number of aliphatic hydroxyl groups excluding tert-OH is 1. The predicted molar refractivity (Wildman–Crippen MR) is 43.5 cm³/mol. The van der Waals surface area contributed by atoms with Gasteiger partial charge in [0.2, 0.25) is 0 Å². The van der Waals surface area contributed by atoms with Crippen LogP contribution in [0.3, 0.4) is 0 Å². The smallest absolute Gasteiger partial charge is 0.412 e. The van der Waals surface area contributed by atoms with E-state index in [1.54, 1.807) is 0 Å². The zero-order valence-electron chi connectivity index (χ0n) is 6.90. The molecule has 1 atom stereocenters. The molecule has 0 aromatic heterocycles. The number of nitrogens with zero attached hydrogens (tertiary/aromatic N) is 1. The lowest BCUT2D eigenvalue weighted by Crippen LogP contribution is -2.35. The summed E-state index contributed by atoms with van der Waals surface area (Å²) in [7, 11) is 0. The van der Waals surface area contributed by atoms with E-state index in [2.05, 4.69) is 6.58 Å². The SMILES string of the molecule is C=CCOC(=O)N1CCC[C@H]1O. The Hall–Kier alpha value is -1.03. The molecule has 1 rings (SSSR count). The second kappa shape index (κ2) is 4.11. The average Bonchev–Trinajstić information content (AvgIpc) is 2.47. The third kappa shape index (κ3) is 1.98. The van der Waals surface area contributed by atoms with Crippen LogP contribution < -0.4 is 0 Å². The van der Waals surface area contributed by atoms with Gasteiger partial charge in [-0.15, -0.1) is 0 Å². The van der Waals surface area contributed by atoms with Crippen LogP contribution >= 0.6 is 0 Å². The average molecular weight is 171 g/mol. The van der Waals surface area contributed by atoms with Gasteiger partial charge in [0, 0.05) is 6.54 Å². The second-order valence-electron chi connectivity index (χ2n) is 2.68. The van der Waals surface area contributed by atoms with Gasteiger partial charge in [0.25, 0.3) is 0 Å². The van der Waals surface area contributed by atoms with Crippen molar-refractivity contribution in [2.45, 2.75) is 19.1 Å². The zero-order chi connectivity index (χ0) is 8.97. The summed E-state index contributed by atoms with van der Waals surface area (Å²) < 4.78 is 4.75. The zero-order valence-corrected chi connectivity index (χ0v) is 6.90. The van der Waals surface area contributed by atoms with Gasteiger partial charge < -0.3 is 9.84 Å². The van der Waals surface area contributed by atoms with Gasteiger partial charge in [0.05, 0.1) is 0 Å². The standard InChI is InChI=1S/C8H13NO3/c1-2-6-12-8(11)9-5-3-4-7(9)10/h2,7,10H,1,3-6H2/t7-/m1/s1. The van der Waals surface area contributed by atoms with Gasteiger partial charge in [0.15, 0.2) is 0 Å². The maximum absolute atomic E-state index is 11.1. The number of carbonyl (C=O) groups is 1. The molecule has 68 valence electrons. The lowest BCUT2D eigenvalue weighted by Gasteiger charge is -2.18. The first-order valence-corrected chi connectivity index (χ1v) is 3.98. The summed E-state index contributed by atoms with van der Waals surface area (Å²) in [5.74, 6) is 0. The van der Waals surface area contributed by atoms with E-state index in [1.807, 2.05) is 0 Å². The van der Waals surface area contributed by atoms with Crippen LogP contribution in [0.4, 0.5) is 4.79 Å². The maximum atomic E-state index is 11.1. The Morgan fingerprint density at radius 3 is 3.08 bits per heavy atom. The van der Waals surface area contributed by atoms with Crippen molar-refractivity contribution < 1.29 is 14.6 Å². The number of likely N-dealkylation sites (tertiary alicyclic amines) is 1. The van der Waals surface area contributed by atoms with Crippen LogP contribution in [-0.2, 0) is 4.74 Å². The Labute approximate surface area is 71.4 Å². The topological polar surface area (TPSA) is 49.8 Å². The lowest BCUT2D eigenvalue weighted by molar-refractivity contribution is 0.0286. The van der Waals surface area contributed by atoms with Gasteiger partial charge in [-0.3, -0.25) is 4.90 Å². The molecule has 1 heterocycles. The highest BCUT2D eigenvalue weighted by molar-refractivity contribution is 5.68. The van der Waals surface area contributed by atoms with E-state index in [4.69, 9.17) is 4.74 Å². The van der Waals surface area contributed by atoms with Gasteiger partial charge in [-0.05, 0) is 12.8 Å². The molecule has 1 aliphatic rings. The van der Waals surface area contributed by atoms with Crippen LogP contribution in [0.2, 0.25) is 0 Å². The molecular weight excluding hydrogens is 158 g/mol. The monoisotopic (exact) mass is 171 g/mol. The Balaban J connectivity index is 2.35. The van der Waals surface area contributed by atoms with E-state index in [1.165, 1.54) is 11.0 Å². The van der Waals surface area contributed by atoms with Crippen molar-refractivity contribution in [2.24, 2.45) is 0 Å². The molecule has 4 nitrogen and oxygen atoms in total.